The minimum Gasteiger partial charge on any atom is -0.463 e. The molecule has 0 saturated carbocycles. The van der Waals surface area contributed by atoms with Gasteiger partial charge in [-0.2, -0.15) is 13.2 Å². The van der Waals surface area contributed by atoms with Crippen LogP contribution in [0.1, 0.15) is 17.3 Å². The molecule has 2 heterocycles. The highest BCUT2D eigenvalue weighted by Gasteiger charge is 2.64. The Morgan fingerprint density at radius 3 is 2.46 bits per heavy atom. The van der Waals surface area contributed by atoms with Crippen molar-refractivity contribution in [2.24, 2.45) is 0 Å². The largest absolute Gasteiger partial charge is 0.463 e. The van der Waals surface area contributed by atoms with E-state index in [0.29, 0.717) is 0 Å². The summed E-state index contributed by atoms with van der Waals surface area (Å²) in [6.07, 6.45) is -1.57. The van der Waals surface area contributed by atoms with Gasteiger partial charge in [-0.1, -0.05) is 6.07 Å². The Morgan fingerprint density at radius 1 is 1.15 bits per heavy atom. The van der Waals surface area contributed by atoms with E-state index < -0.39 is 23.7 Å². The number of anilines is 1. The number of pyridine rings is 2. The molecule has 7 nitrogen and oxygen atoms in total. The average Bonchev–Trinajstić information content (AvgIpc) is 2.62. The van der Waals surface area contributed by atoms with E-state index in [2.05, 4.69) is 14.7 Å². The Labute approximate surface area is 146 Å². The maximum Gasteiger partial charge on any atom is 0.441 e. The molecule has 1 atom stereocenters. The summed E-state index contributed by atoms with van der Waals surface area (Å²) in [5.41, 5.74) is -3.68. The Morgan fingerprint density at radius 2 is 1.92 bits per heavy atom. The number of carbonyl (C=O) groups is 2. The van der Waals surface area contributed by atoms with Crippen LogP contribution in [0.2, 0.25) is 0 Å². The number of hydrogen-bond acceptors (Lipinski definition) is 6. The third kappa shape index (κ3) is 4.08. The third-order valence-corrected chi connectivity index (χ3v) is 3.21. The van der Waals surface area contributed by atoms with E-state index in [-0.39, 0.29) is 18.0 Å². The summed E-state index contributed by atoms with van der Waals surface area (Å²) in [5.74, 6) is -3.15. The minimum absolute atomic E-state index is 0.159. The highest BCUT2D eigenvalue weighted by atomic mass is 19.4. The summed E-state index contributed by atoms with van der Waals surface area (Å²) in [5, 5.41) is 3.64. The van der Waals surface area contributed by atoms with Gasteiger partial charge in [-0.25, -0.2) is 9.78 Å². The van der Waals surface area contributed by atoms with E-state index in [0.717, 1.165) is 6.20 Å². The number of rotatable bonds is 6. The van der Waals surface area contributed by atoms with E-state index in [1.54, 1.807) is 5.32 Å². The number of hydrogen-bond donors (Lipinski definition) is 2. The molecule has 0 bridgehead atoms. The fraction of sp³-hybridized carbons (Fsp3) is 0.250. The predicted molar refractivity (Wildman–Crippen MR) is 85.0 cm³/mol. The van der Waals surface area contributed by atoms with Crippen LogP contribution in [0.3, 0.4) is 0 Å². The lowest BCUT2D eigenvalue weighted by Crippen LogP contribution is -2.69. The summed E-state index contributed by atoms with van der Waals surface area (Å²) in [6.45, 7) is 1.03. The maximum absolute atomic E-state index is 13.9. The molecule has 2 aromatic rings. The first-order valence-electron chi connectivity index (χ1n) is 7.46. The topological polar surface area (TPSA) is 93.2 Å². The second-order valence-electron chi connectivity index (χ2n) is 5.00. The van der Waals surface area contributed by atoms with Crippen LogP contribution in [-0.2, 0) is 9.53 Å². The summed E-state index contributed by atoms with van der Waals surface area (Å²) in [6, 6.07) is 6.76. The lowest BCUT2D eigenvalue weighted by atomic mass is 10.1. The van der Waals surface area contributed by atoms with Crippen molar-refractivity contribution < 1.29 is 27.5 Å². The zero-order valence-corrected chi connectivity index (χ0v) is 13.6. The number of halogens is 3. The Kier molecular flexibility index (Phi) is 5.75. The summed E-state index contributed by atoms with van der Waals surface area (Å²) in [7, 11) is 0. The lowest BCUT2D eigenvalue weighted by molar-refractivity contribution is -0.204. The van der Waals surface area contributed by atoms with Crippen LogP contribution in [0, 0.1) is 0 Å². The van der Waals surface area contributed by atoms with Gasteiger partial charge in [-0.3, -0.25) is 9.78 Å². The molecule has 0 aliphatic heterocycles. The molecule has 2 rings (SSSR count). The fourth-order valence-corrected chi connectivity index (χ4v) is 2.00. The molecule has 0 saturated heterocycles. The molecule has 26 heavy (non-hydrogen) atoms. The van der Waals surface area contributed by atoms with Gasteiger partial charge >= 0.3 is 17.8 Å². The van der Waals surface area contributed by atoms with Gasteiger partial charge in [0.15, 0.2) is 0 Å². The number of amides is 1. The molecule has 0 fully saturated rings. The normalized spacial score (nSPS) is 13.4. The molecule has 0 unspecified atom stereocenters. The Bertz CT molecular complexity index is 756. The van der Waals surface area contributed by atoms with Crippen molar-refractivity contribution in [3.63, 3.8) is 0 Å². The van der Waals surface area contributed by atoms with Crippen LogP contribution in [0.4, 0.5) is 19.0 Å². The molecule has 10 heteroatoms. The molecule has 0 aliphatic carbocycles. The lowest BCUT2D eigenvalue weighted by Gasteiger charge is -2.34. The fourth-order valence-electron chi connectivity index (χ4n) is 2.00. The maximum atomic E-state index is 13.9. The predicted octanol–water partition coefficient (Wildman–Crippen LogP) is 2.14. The van der Waals surface area contributed by atoms with E-state index in [1.807, 2.05) is 5.32 Å². The monoisotopic (exact) mass is 368 g/mol. The number of alkyl halides is 3. The molecule has 138 valence electrons. The number of aromatic nitrogens is 2. The molecule has 0 radical (unpaired) electrons. The van der Waals surface area contributed by atoms with Gasteiger partial charge in [-0.15, -0.1) is 0 Å². The van der Waals surface area contributed by atoms with Crippen molar-refractivity contribution in [2.75, 3.05) is 11.9 Å². The number of esters is 1. The smallest absolute Gasteiger partial charge is 0.441 e. The van der Waals surface area contributed by atoms with Crippen LogP contribution in [0.25, 0.3) is 0 Å². The van der Waals surface area contributed by atoms with Gasteiger partial charge in [0.05, 0.1) is 12.2 Å². The number of carbonyl (C=O) groups excluding carboxylic acids is 2. The molecule has 0 aliphatic rings. The van der Waals surface area contributed by atoms with Gasteiger partial charge in [0.1, 0.15) is 5.82 Å². The van der Waals surface area contributed by atoms with Gasteiger partial charge in [0.2, 0.25) is 0 Å². The number of nitrogens with one attached hydrogen (secondary N) is 2. The third-order valence-electron chi connectivity index (χ3n) is 3.21. The highest BCUT2D eigenvalue weighted by molar-refractivity contribution is 5.99. The van der Waals surface area contributed by atoms with Crippen molar-refractivity contribution >= 4 is 17.7 Å². The quantitative estimate of drug-likeness (QED) is 0.599. The van der Waals surface area contributed by atoms with Crippen molar-refractivity contribution in [3.8, 4) is 0 Å². The van der Waals surface area contributed by atoms with Crippen LogP contribution in [-0.4, -0.2) is 40.3 Å². The SMILES string of the molecule is CCOC(=O)[C@](NC(=O)c1cccnc1)(Nc1ccccn1)C(F)(F)F. The molecular weight excluding hydrogens is 353 g/mol. The van der Waals surface area contributed by atoms with Crippen molar-refractivity contribution in [1.29, 1.82) is 0 Å². The second kappa shape index (κ2) is 7.81. The molecular formula is C16H15F3N4O3. The van der Waals surface area contributed by atoms with Gasteiger partial charge in [0, 0.05) is 18.6 Å². The van der Waals surface area contributed by atoms with E-state index in [9.17, 15) is 22.8 Å². The summed E-state index contributed by atoms with van der Waals surface area (Å²) >= 11 is 0. The average molecular weight is 368 g/mol. The van der Waals surface area contributed by atoms with Crippen LogP contribution >= 0.6 is 0 Å². The van der Waals surface area contributed by atoms with E-state index in [4.69, 9.17) is 0 Å². The Balaban J connectivity index is 2.47. The summed E-state index contributed by atoms with van der Waals surface area (Å²) < 4.78 is 46.2. The highest BCUT2D eigenvalue weighted by Crippen LogP contribution is 2.33. The van der Waals surface area contributed by atoms with Crippen molar-refractivity contribution in [3.05, 3.63) is 54.5 Å². The number of ether oxygens (including phenoxy) is 1. The van der Waals surface area contributed by atoms with Crippen molar-refractivity contribution in [1.82, 2.24) is 15.3 Å². The second-order valence-corrected chi connectivity index (χ2v) is 5.00. The van der Waals surface area contributed by atoms with Gasteiger partial charge in [0.25, 0.3) is 5.91 Å². The van der Waals surface area contributed by atoms with Crippen LogP contribution < -0.4 is 10.6 Å². The summed E-state index contributed by atoms with van der Waals surface area (Å²) in [4.78, 5) is 31.9. The first-order chi connectivity index (χ1) is 12.3. The number of nitrogens with zero attached hydrogens (tertiary/aromatic N) is 2. The zero-order valence-electron chi connectivity index (χ0n) is 13.6. The van der Waals surface area contributed by atoms with Crippen LogP contribution in [0.5, 0.6) is 0 Å². The first kappa shape index (κ1) is 19.2. The molecule has 2 N–H and O–H groups in total. The zero-order chi connectivity index (χ0) is 19.2. The molecule has 2 aromatic heterocycles. The first-order valence-corrected chi connectivity index (χ1v) is 7.46. The molecule has 0 spiro atoms. The minimum atomic E-state index is -5.23. The Hall–Kier alpha value is -3.17. The molecule has 0 aromatic carbocycles. The van der Waals surface area contributed by atoms with Gasteiger partial charge < -0.3 is 15.4 Å². The van der Waals surface area contributed by atoms with Gasteiger partial charge in [-0.05, 0) is 31.2 Å². The van der Waals surface area contributed by atoms with Crippen LogP contribution in [0.15, 0.2) is 48.9 Å². The standard InChI is InChI=1S/C16H15F3N4O3/c1-2-26-14(25)15(16(17,18)19,22-12-7-3-4-9-21-12)23-13(24)11-6-5-8-20-10-11/h3-10H,2H2,1H3,(H,21,22)(H,23,24)/t15-/m1/s1. The van der Waals surface area contributed by atoms with Crippen molar-refractivity contribution in [2.45, 2.75) is 18.8 Å². The molecule has 1 amide bonds. The van der Waals surface area contributed by atoms with E-state index >= 15 is 0 Å². The van der Waals surface area contributed by atoms with E-state index in [1.165, 1.54) is 49.6 Å².